The lowest BCUT2D eigenvalue weighted by Gasteiger charge is -2.23. The number of carbonyl (C=O) groups is 1. The molecular formula is C25H22FN3O2. The predicted octanol–water partition coefficient (Wildman–Crippen LogP) is 3.94. The van der Waals surface area contributed by atoms with Gasteiger partial charge >= 0.3 is 0 Å². The van der Waals surface area contributed by atoms with Crippen molar-refractivity contribution < 1.29 is 9.18 Å². The van der Waals surface area contributed by atoms with Gasteiger partial charge in [-0.25, -0.2) is 4.39 Å². The summed E-state index contributed by atoms with van der Waals surface area (Å²) in [6, 6.07) is 13.5. The van der Waals surface area contributed by atoms with Crippen LogP contribution in [0, 0.1) is 5.82 Å². The van der Waals surface area contributed by atoms with Gasteiger partial charge in [-0.2, -0.15) is 0 Å². The summed E-state index contributed by atoms with van der Waals surface area (Å²) in [7, 11) is 4.20. The molecule has 1 aliphatic heterocycles. The van der Waals surface area contributed by atoms with Crippen molar-refractivity contribution >= 4 is 17.2 Å². The zero-order chi connectivity index (χ0) is 21.7. The number of pyridine rings is 1. The molecule has 156 valence electrons. The van der Waals surface area contributed by atoms with Gasteiger partial charge in [-0.05, 0) is 48.9 Å². The van der Waals surface area contributed by atoms with Crippen LogP contribution < -0.4 is 5.56 Å². The van der Waals surface area contributed by atoms with Gasteiger partial charge in [0.25, 0.3) is 5.56 Å². The van der Waals surface area contributed by atoms with Gasteiger partial charge in [0.1, 0.15) is 12.1 Å². The van der Waals surface area contributed by atoms with E-state index in [1.165, 1.54) is 34.8 Å². The first kappa shape index (κ1) is 19.5. The third-order valence-electron chi connectivity index (χ3n) is 6.22. The van der Waals surface area contributed by atoms with Crippen LogP contribution >= 0.6 is 0 Å². The maximum atomic E-state index is 14.4. The molecule has 5 rings (SSSR count). The smallest absolute Gasteiger partial charge is 0.255 e. The highest BCUT2D eigenvalue weighted by Crippen LogP contribution is 2.31. The lowest BCUT2D eigenvalue weighted by molar-refractivity contribution is 0.112. The summed E-state index contributed by atoms with van der Waals surface area (Å²) in [5.41, 5.74) is 5.38. The molecule has 0 saturated carbocycles. The number of fused-ring (bicyclic) bond motifs is 3. The Labute approximate surface area is 179 Å². The van der Waals surface area contributed by atoms with Crippen molar-refractivity contribution in [1.29, 1.82) is 0 Å². The van der Waals surface area contributed by atoms with Crippen LogP contribution in [0.1, 0.15) is 21.6 Å². The number of likely N-dealkylation sites (N-methyl/N-ethyl adjacent to an activating group) is 1. The zero-order valence-corrected chi connectivity index (χ0v) is 17.4. The van der Waals surface area contributed by atoms with Crippen molar-refractivity contribution in [2.75, 3.05) is 13.6 Å². The van der Waals surface area contributed by atoms with Crippen molar-refractivity contribution in [2.24, 2.45) is 7.05 Å². The van der Waals surface area contributed by atoms with Crippen LogP contribution in [-0.2, 0) is 20.0 Å². The molecular weight excluding hydrogens is 393 g/mol. The maximum Gasteiger partial charge on any atom is 0.255 e. The van der Waals surface area contributed by atoms with E-state index in [0.717, 1.165) is 30.7 Å². The van der Waals surface area contributed by atoms with E-state index < -0.39 is 5.82 Å². The first-order valence-corrected chi connectivity index (χ1v) is 10.2. The lowest BCUT2D eigenvalue weighted by atomic mass is 10.0. The molecule has 6 heteroatoms. The van der Waals surface area contributed by atoms with E-state index in [2.05, 4.69) is 29.6 Å². The van der Waals surface area contributed by atoms with Crippen LogP contribution in [-0.4, -0.2) is 33.9 Å². The highest BCUT2D eigenvalue weighted by Gasteiger charge is 2.21. The molecule has 0 N–H and O–H groups in total. The number of nitrogens with zero attached hydrogens (tertiary/aromatic N) is 3. The van der Waals surface area contributed by atoms with Gasteiger partial charge in [-0.15, -0.1) is 0 Å². The standard InChI is InChI=1S/C25H22FN3O2/c1-27-9-8-21-20-6-4-18(13-23(20)28(2)24(21)14-27)29-10-7-17(12-25(29)31)19-5-3-16(15-30)11-22(19)26/h3-7,10-13,15H,8-9,14H2,1-2H3. The van der Waals surface area contributed by atoms with Gasteiger partial charge in [0.2, 0.25) is 0 Å². The Morgan fingerprint density at radius 1 is 1.03 bits per heavy atom. The van der Waals surface area contributed by atoms with E-state index in [9.17, 15) is 14.0 Å². The van der Waals surface area contributed by atoms with Crippen LogP contribution in [0.25, 0.3) is 27.7 Å². The largest absolute Gasteiger partial charge is 0.346 e. The van der Waals surface area contributed by atoms with Crippen LogP contribution in [0.5, 0.6) is 0 Å². The molecule has 0 atom stereocenters. The monoisotopic (exact) mass is 415 g/mol. The van der Waals surface area contributed by atoms with E-state index in [0.29, 0.717) is 17.4 Å². The van der Waals surface area contributed by atoms with E-state index >= 15 is 0 Å². The van der Waals surface area contributed by atoms with Crippen molar-refractivity contribution in [3.8, 4) is 16.8 Å². The van der Waals surface area contributed by atoms with Gasteiger partial charge in [-0.3, -0.25) is 14.2 Å². The predicted molar refractivity (Wildman–Crippen MR) is 119 cm³/mol. The Morgan fingerprint density at radius 3 is 2.61 bits per heavy atom. The Hall–Kier alpha value is -3.51. The van der Waals surface area contributed by atoms with Gasteiger partial charge in [0, 0.05) is 54.6 Å². The van der Waals surface area contributed by atoms with Gasteiger partial charge in [0.05, 0.1) is 11.2 Å². The Bertz CT molecular complexity index is 1400. The van der Waals surface area contributed by atoms with Crippen LogP contribution in [0.15, 0.2) is 59.5 Å². The van der Waals surface area contributed by atoms with Crippen LogP contribution in [0.3, 0.4) is 0 Å². The topological polar surface area (TPSA) is 47.2 Å². The molecule has 1 aliphatic rings. The molecule has 0 spiro atoms. The minimum absolute atomic E-state index is 0.241. The molecule has 0 unspecified atom stereocenters. The number of aromatic nitrogens is 2. The lowest BCUT2D eigenvalue weighted by Crippen LogP contribution is -2.27. The average Bonchev–Trinajstić information content (AvgIpc) is 3.04. The van der Waals surface area contributed by atoms with Gasteiger partial charge in [0.15, 0.2) is 0 Å². The average molecular weight is 415 g/mol. The van der Waals surface area contributed by atoms with Crippen molar-refractivity contribution in [3.05, 3.63) is 87.7 Å². The summed E-state index contributed by atoms with van der Waals surface area (Å²) in [5, 5.41) is 1.23. The Balaban J connectivity index is 1.57. The molecule has 0 radical (unpaired) electrons. The number of aldehydes is 1. The summed E-state index contributed by atoms with van der Waals surface area (Å²) in [6.45, 7) is 1.96. The number of rotatable bonds is 3. The van der Waals surface area contributed by atoms with E-state index in [1.807, 2.05) is 12.1 Å². The Morgan fingerprint density at radius 2 is 1.87 bits per heavy atom. The fourth-order valence-corrected chi connectivity index (χ4v) is 4.52. The molecule has 0 aliphatic carbocycles. The SMILES string of the molecule is CN1CCc2c(n(C)c3cc(-n4ccc(-c5ccc(C=O)cc5F)cc4=O)ccc23)C1. The highest BCUT2D eigenvalue weighted by molar-refractivity contribution is 5.87. The third kappa shape index (κ3) is 3.20. The molecule has 2 aromatic carbocycles. The highest BCUT2D eigenvalue weighted by atomic mass is 19.1. The van der Waals surface area contributed by atoms with E-state index in [-0.39, 0.29) is 11.1 Å². The number of halogens is 1. The second-order valence-corrected chi connectivity index (χ2v) is 8.15. The quantitative estimate of drug-likeness (QED) is 0.476. The third-order valence-corrected chi connectivity index (χ3v) is 6.22. The van der Waals surface area contributed by atoms with Crippen molar-refractivity contribution in [2.45, 2.75) is 13.0 Å². The molecule has 0 saturated heterocycles. The summed E-state index contributed by atoms with van der Waals surface area (Å²) in [4.78, 5) is 26.0. The minimum atomic E-state index is -0.525. The molecule has 0 fully saturated rings. The summed E-state index contributed by atoms with van der Waals surface area (Å²) in [6.07, 6.45) is 3.29. The molecule has 31 heavy (non-hydrogen) atoms. The second kappa shape index (κ2) is 7.32. The second-order valence-electron chi connectivity index (χ2n) is 8.15. The summed E-state index contributed by atoms with van der Waals surface area (Å²) in [5.74, 6) is -0.525. The molecule has 0 bridgehead atoms. The normalized spacial score (nSPS) is 14.0. The Kier molecular flexibility index (Phi) is 4.59. The van der Waals surface area contributed by atoms with E-state index in [1.54, 1.807) is 22.9 Å². The first-order chi connectivity index (χ1) is 15.0. The number of carbonyl (C=O) groups excluding carboxylic acids is 1. The number of aryl methyl sites for hydroxylation is 1. The van der Waals surface area contributed by atoms with Gasteiger partial charge < -0.3 is 9.47 Å². The van der Waals surface area contributed by atoms with Crippen LogP contribution in [0.4, 0.5) is 4.39 Å². The molecule has 4 aromatic rings. The zero-order valence-electron chi connectivity index (χ0n) is 17.4. The minimum Gasteiger partial charge on any atom is -0.346 e. The number of benzene rings is 2. The first-order valence-electron chi connectivity index (χ1n) is 10.2. The summed E-state index contributed by atoms with van der Waals surface area (Å²) < 4.78 is 18.1. The molecule has 0 amide bonds. The number of hydrogen-bond donors (Lipinski definition) is 0. The van der Waals surface area contributed by atoms with Crippen molar-refractivity contribution in [3.63, 3.8) is 0 Å². The van der Waals surface area contributed by atoms with E-state index in [4.69, 9.17) is 0 Å². The van der Waals surface area contributed by atoms with Crippen molar-refractivity contribution in [1.82, 2.24) is 14.0 Å². The molecule has 5 nitrogen and oxygen atoms in total. The fourth-order valence-electron chi connectivity index (χ4n) is 4.52. The number of hydrogen-bond acceptors (Lipinski definition) is 3. The maximum absolute atomic E-state index is 14.4. The molecule has 2 aromatic heterocycles. The fraction of sp³-hybridized carbons (Fsp3) is 0.200. The van der Waals surface area contributed by atoms with Crippen LogP contribution in [0.2, 0.25) is 0 Å². The molecule has 3 heterocycles. The summed E-state index contributed by atoms with van der Waals surface area (Å²) >= 11 is 0. The van der Waals surface area contributed by atoms with Gasteiger partial charge in [-0.1, -0.05) is 18.2 Å².